The predicted molar refractivity (Wildman–Crippen MR) is 346 cm³/mol. The Morgan fingerprint density at radius 2 is 0.625 bits per heavy atom. The Morgan fingerprint density at radius 1 is 0.330 bits per heavy atom. The highest BCUT2D eigenvalue weighted by Gasteiger charge is 2.33. The number of unbranched alkanes of at least 4 members (excludes halogenated alkanes) is 34. The number of hydrogen-bond donors (Lipinski definition) is 8. The maximum absolute atomic E-state index is 14.3. The van der Waals surface area contributed by atoms with Crippen LogP contribution >= 0.6 is 11.8 Å². The van der Waals surface area contributed by atoms with Crippen molar-refractivity contribution in [2.24, 2.45) is 0 Å². The minimum atomic E-state index is -1.73. The quantitative estimate of drug-likeness (QED) is 0.0207. The van der Waals surface area contributed by atoms with Gasteiger partial charge in [0.2, 0.25) is 23.6 Å². The SMILES string of the molecule is CCCCCCCCCCCCCCCC(=O)OC[C@H](CSCC(NC(=O)CCCCCCCCCCCCC)C(=O)N[C@H](CCC(=O)O)C(=O)N[C@@H](CCC(=O)O)C(=O)N[C@H](CCC(=O)O)C(=O)O)OC(=O)CCCCCCCCCCCCCCC. The number of carbonyl (C=O) groups excluding carboxylic acids is 6. The summed E-state index contributed by atoms with van der Waals surface area (Å²) in [6.07, 6.45) is 37.5. The number of carboxylic acids is 4. The van der Waals surface area contributed by atoms with Gasteiger partial charge in [0, 0.05) is 50.0 Å². The van der Waals surface area contributed by atoms with Crippen molar-refractivity contribution in [3.05, 3.63) is 0 Å². The Bertz CT molecular complexity index is 1890. The number of nitrogens with one attached hydrogen (secondary N) is 4. The second kappa shape index (κ2) is 58.4. The third kappa shape index (κ3) is 51.9. The largest absolute Gasteiger partial charge is 0.481 e. The van der Waals surface area contributed by atoms with E-state index in [4.69, 9.17) is 14.6 Å². The lowest BCUT2D eigenvalue weighted by molar-refractivity contribution is -0.157. The van der Waals surface area contributed by atoms with E-state index in [0.29, 0.717) is 19.3 Å². The topological polar surface area (TPSA) is 318 Å². The molecule has 0 aliphatic carbocycles. The van der Waals surface area contributed by atoms with E-state index in [-0.39, 0.29) is 37.4 Å². The van der Waals surface area contributed by atoms with Crippen molar-refractivity contribution in [3.8, 4) is 0 Å². The first-order valence-electron chi connectivity index (χ1n) is 34.4. The molecule has 0 spiro atoms. The van der Waals surface area contributed by atoms with Crippen molar-refractivity contribution in [2.75, 3.05) is 18.1 Å². The number of thioether (sulfide) groups is 1. The number of amides is 4. The highest BCUT2D eigenvalue weighted by molar-refractivity contribution is 7.99. The van der Waals surface area contributed by atoms with Gasteiger partial charge in [-0.1, -0.05) is 239 Å². The van der Waals surface area contributed by atoms with E-state index in [1.54, 1.807) is 0 Å². The van der Waals surface area contributed by atoms with Crippen molar-refractivity contribution in [1.29, 1.82) is 0 Å². The zero-order chi connectivity index (χ0) is 65.3. The number of rotatable bonds is 64. The summed E-state index contributed by atoms with van der Waals surface area (Å²) in [5.41, 5.74) is 0. The summed E-state index contributed by atoms with van der Waals surface area (Å²) in [4.78, 5) is 128. The minimum Gasteiger partial charge on any atom is -0.481 e. The fourth-order valence-corrected chi connectivity index (χ4v) is 11.4. The first-order valence-corrected chi connectivity index (χ1v) is 35.6. The summed E-state index contributed by atoms with van der Waals surface area (Å²) in [5, 5.41) is 47.6. The summed E-state index contributed by atoms with van der Waals surface area (Å²) in [7, 11) is 0. The molecule has 0 saturated carbocycles. The van der Waals surface area contributed by atoms with E-state index in [1.807, 2.05) is 0 Å². The van der Waals surface area contributed by atoms with E-state index in [0.717, 1.165) is 88.8 Å². The molecule has 20 nitrogen and oxygen atoms in total. The summed E-state index contributed by atoms with van der Waals surface area (Å²) in [6, 6.07) is -6.46. The van der Waals surface area contributed by atoms with E-state index in [9.17, 15) is 63.3 Å². The molecule has 0 aliphatic rings. The molecule has 8 N–H and O–H groups in total. The first-order chi connectivity index (χ1) is 42.4. The third-order valence-electron chi connectivity index (χ3n) is 15.8. The van der Waals surface area contributed by atoms with Crippen LogP contribution in [0.5, 0.6) is 0 Å². The van der Waals surface area contributed by atoms with Crippen LogP contribution in [0.15, 0.2) is 0 Å². The van der Waals surface area contributed by atoms with E-state index >= 15 is 0 Å². The normalized spacial score (nSPS) is 12.9. The molecule has 0 radical (unpaired) electrons. The van der Waals surface area contributed by atoms with Crippen LogP contribution < -0.4 is 21.3 Å². The Labute approximate surface area is 532 Å². The summed E-state index contributed by atoms with van der Waals surface area (Å²) < 4.78 is 11.6. The smallest absolute Gasteiger partial charge is 0.326 e. The van der Waals surface area contributed by atoms with Gasteiger partial charge in [0.15, 0.2) is 0 Å². The van der Waals surface area contributed by atoms with Gasteiger partial charge in [-0.3, -0.25) is 43.2 Å². The van der Waals surface area contributed by atoms with Crippen LogP contribution in [0.1, 0.15) is 316 Å². The average molecular weight is 1270 g/mol. The summed E-state index contributed by atoms with van der Waals surface area (Å²) in [5.74, 6) is -10.3. The van der Waals surface area contributed by atoms with Gasteiger partial charge in [-0.05, 0) is 38.5 Å². The molecule has 0 fully saturated rings. The molecule has 0 saturated heterocycles. The summed E-state index contributed by atoms with van der Waals surface area (Å²) in [6.45, 7) is 6.39. The Balaban J connectivity index is 6.28. The molecular formula is C67H120N4O16S. The molecular weight excluding hydrogens is 1150 g/mol. The van der Waals surface area contributed by atoms with Gasteiger partial charge in [0.05, 0.1) is 0 Å². The number of hydrogen-bond acceptors (Lipinski definition) is 13. The molecule has 0 bridgehead atoms. The van der Waals surface area contributed by atoms with Gasteiger partial charge in [0.1, 0.15) is 36.9 Å². The van der Waals surface area contributed by atoms with Crippen LogP contribution in [-0.4, -0.2) is 128 Å². The zero-order valence-corrected chi connectivity index (χ0v) is 55.4. The fraction of sp³-hybridized carbons (Fsp3) is 0.851. The van der Waals surface area contributed by atoms with Gasteiger partial charge in [-0.25, -0.2) is 4.79 Å². The van der Waals surface area contributed by atoms with Crippen molar-refractivity contribution in [3.63, 3.8) is 0 Å². The first kappa shape index (κ1) is 83.1. The van der Waals surface area contributed by atoms with Crippen molar-refractivity contribution >= 4 is 71.2 Å². The molecule has 5 atom stereocenters. The van der Waals surface area contributed by atoms with Crippen LogP contribution in [0.3, 0.4) is 0 Å². The van der Waals surface area contributed by atoms with Crippen molar-refractivity contribution in [1.82, 2.24) is 21.3 Å². The lowest BCUT2D eigenvalue weighted by Gasteiger charge is -2.26. The lowest BCUT2D eigenvalue weighted by atomic mass is 10.0. The minimum absolute atomic E-state index is 0.0434. The van der Waals surface area contributed by atoms with Crippen LogP contribution in [-0.2, 0) is 57.4 Å². The number of carboxylic acid groups (broad SMARTS) is 4. The average Bonchev–Trinajstić information content (AvgIpc) is 3.69. The van der Waals surface area contributed by atoms with E-state index < -0.39 is 128 Å². The number of aliphatic carboxylic acids is 4. The molecule has 0 aromatic heterocycles. The zero-order valence-electron chi connectivity index (χ0n) is 54.6. The molecule has 4 amide bonds. The standard InChI is InChI=1S/C67H120N4O16S/c1-4-7-10-13-16-19-22-24-27-30-33-36-39-42-62(79)86-50-53(87-63(80)43-40-37-34-31-28-25-23-20-17-14-11-8-5-2)51-88-52-57(68-58(72)41-38-35-32-29-26-21-18-15-12-9-6-3)66(83)70-54(44-47-59(73)74)64(81)69-55(45-48-60(75)76)65(82)71-56(67(84)85)46-49-61(77)78/h53-57H,4-52H2,1-3H3,(H,68,72)(H,69,81)(H,70,83)(H,71,82)(H,73,74)(H,75,76)(H,77,78)(H,84,85)/t53-,54-,55+,56-,57?/m1/s1. The molecule has 510 valence electrons. The van der Waals surface area contributed by atoms with Crippen LogP contribution in [0.2, 0.25) is 0 Å². The Hall–Kier alpha value is -4.95. The van der Waals surface area contributed by atoms with Crippen LogP contribution in [0, 0.1) is 0 Å². The molecule has 0 aromatic rings. The van der Waals surface area contributed by atoms with Crippen LogP contribution in [0.4, 0.5) is 0 Å². The summed E-state index contributed by atoms with van der Waals surface area (Å²) >= 11 is 1.12. The monoisotopic (exact) mass is 1270 g/mol. The molecule has 0 rings (SSSR count). The Morgan fingerprint density at radius 3 is 0.966 bits per heavy atom. The number of carbonyl (C=O) groups is 10. The third-order valence-corrected chi connectivity index (χ3v) is 16.9. The van der Waals surface area contributed by atoms with Crippen LogP contribution in [0.25, 0.3) is 0 Å². The second-order valence-corrected chi connectivity index (χ2v) is 25.1. The highest BCUT2D eigenvalue weighted by Crippen LogP contribution is 2.19. The lowest BCUT2D eigenvalue weighted by Crippen LogP contribution is -2.58. The molecule has 0 aromatic carbocycles. The van der Waals surface area contributed by atoms with Gasteiger partial charge < -0.3 is 51.2 Å². The number of esters is 2. The van der Waals surface area contributed by atoms with Gasteiger partial charge in [-0.15, -0.1) is 0 Å². The maximum Gasteiger partial charge on any atom is 0.326 e. The highest BCUT2D eigenvalue weighted by atomic mass is 32.2. The predicted octanol–water partition coefficient (Wildman–Crippen LogP) is 13.5. The molecule has 0 heterocycles. The van der Waals surface area contributed by atoms with E-state index in [1.165, 1.54) is 141 Å². The maximum atomic E-state index is 14.3. The second-order valence-electron chi connectivity index (χ2n) is 24.0. The van der Waals surface area contributed by atoms with Crippen molar-refractivity contribution in [2.45, 2.75) is 346 Å². The Kier molecular flexibility index (Phi) is 55.1. The molecule has 21 heteroatoms. The molecule has 0 aliphatic heterocycles. The van der Waals surface area contributed by atoms with Crippen molar-refractivity contribution < 1.29 is 77.8 Å². The molecule has 88 heavy (non-hydrogen) atoms. The van der Waals surface area contributed by atoms with Gasteiger partial charge >= 0.3 is 35.8 Å². The fourth-order valence-electron chi connectivity index (χ4n) is 10.3. The van der Waals surface area contributed by atoms with Gasteiger partial charge in [-0.2, -0.15) is 11.8 Å². The number of ether oxygens (including phenoxy) is 2. The van der Waals surface area contributed by atoms with Gasteiger partial charge in [0.25, 0.3) is 0 Å². The molecule has 1 unspecified atom stereocenters. The van der Waals surface area contributed by atoms with E-state index in [2.05, 4.69) is 42.0 Å².